The van der Waals surface area contributed by atoms with Crippen LogP contribution in [0.3, 0.4) is 0 Å². The van der Waals surface area contributed by atoms with Crippen molar-refractivity contribution in [3.05, 3.63) is 30.3 Å². The van der Waals surface area contributed by atoms with E-state index in [4.69, 9.17) is 9.57 Å². The maximum absolute atomic E-state index is 11.1. The SMILES string of the molecule is CC1C(CON(C=O)c2ccccc2)C2OC1C(O)C2O. The molecular formula is C15H19NO5. The van der Waals surface area contributed by atoms with E-state index in [-0.39, 0.29) is 24.5 Å². The Hall–Kier alpha value is -1.47. The normalized spacial score (nSPS) is 37.7. The zero-order chi connectivity index (χ0) is 15.0. The van der Waals surface area contributed by atoms with Crippen molar-refractivity contribution < 1.29 is 24.6 Å². The van der Waals surface area contributed by atoms with Crippen molar-refractivity contribution in [2.24, 2.45) is 11.8 Å². The van der Waals surface area contributed by atoms with Gasteiger partial charge in [-0.25, -0.2) is 0 Å². The summed E-state index contributed by atoms with van der Waals surface area (Å²) in [5.74, 6) is 0.0113. The number of hydrogen-bond donors (Lipinski definition) is 2. The van der Waals surface area contributed by atoms with Crippen LogP contribution in [0.4, 0.5) is 5.69 Å². The molecule has 2 fully saturated rings. The van der Waals surface area contributed by atoms with Gasteiger partial charge in [0, 0.05) is 5.92 Å². The standard InChI is InChI=1S/C15H19NO5/c1-9-11(15-13(19)12(18)14(9)21-15)7-20-16(8-17)10-5-3-2-4-6-10/h2-6,8-9,11-15,18-19H,7H2,1H3. The van der Waals surface area contributed by atoms with E-state index in [9.17, 15) is 15.0 Å². The summed E-state index contributed by atoms with van der Waals surface area (Å²) in [5, 5.41) is 20.9. The molecule has 6 heteroatoms. The number of aliphatic hydroxyl groups excluding tert-OH is 2. The van der Waals surface area contributed by atoms with Crippen LogP contribution in [0.15, 0.2) is 30.3 Å². The second-order valence-corrected chi connectivity index (χ2v) is 5.63. The second kappa shape index (κ2) is 5.73. The smallest absolute Gasteiger partial charge is 0.238 e. The van der Waals surface area contributed by atoms with Crippen LogP contribution in [0.5, 0.6) is 0 Å². The fourth-order valence-electron chi connectivity index (χ4n) is 3.22. The Labute approximate surface area is 122 Å². The number of carbonyl (C=O) groups excluding carboxylic acids is 1. The first-order valence-corrected chi connectivity index (χ1v) is 7.07. The van der Waals surface area contributed by atoms with Gasteiger partial charge >= 0.3 is 0 Å². The van der Waals surface area contributed by atoms with Crippen molar-refractivity contribution >= 4 is 12.1 Å². The summed E-state index contributed by atoms with van der Waals surface area (Å²) in [6, 6.07) is 9.04. The summed E-state index contributed by atoms with van der Waals surface area (Å²) in [6.07, 6.45) is -1.91. The predicted octanol–water partition coefficient (Wildman–Crippen LogP) is 0.336. The lowest BCUT2D eigenvalue weighted by Crippen LogP contribution is -2.47. The van der Waals surface area contributed by atoms with Crippen LogP contribution in [0.2, 0.25) is 0 Å². The van der Waals surface area contributed by atoms with E-state index < -0.39 is 18.3 Å². The van der Waals surface area contributed by atoms with Crippen molar-refractivity contribution in [3.63, 3.8) is 0 Å². The molecule has 6 unspecified atom stereocenters. The molecule has 0 aliphatic carbocycles. The fourth-order valence-corrected chi connectivity index (χ4v) is 3.22. The molecule has 2 saturated heterocycles. The zero-order valence-electron chi connectivity index (χ0n) is 11.7. The molecule has 2 aliphatic rings. The summed E-state index contributed by atoms with van der Waals surface area (Å²) >= 11 is 0. The number of benzene rings is 1. The topological polar surface area (TPSA) is 79.2 Å². The van der Waals surface area contributed by atoms with E-state index >= 15 is 0 Å². The van der Waals surface area contributed by atoms with Crippen LogP contribution in [-0.2, 0) is 14.4 Å². The molecule has 0 spiro atoms. The van der Waals surface area contributed by atoms with Crippen LogP contribution >= 0.6 is 0 Å². The highest BCUT2D eigenvalue weighted by molar-refractivity contribution is 5.71. The summed E-state index contributed by atoms with van der Waals surface area (Å²) in [6.45, 7) is 2.21. The molecular weight excluding hydrogens is 274 g/mol. The molecule has 2 bridgehead atoms. The van der Waals surface area contributed by atoms with Crippen molar-refractivity contribution in [1.82, 2.24) is 0 Å². The molecule has 0 radical (unpaired) electrons. The lowest BCUT2D eigenvalue weighted by atomic mass is 9.78. The lowest BCUT2D eigenvalue weighted by Gasteiger charge is -2.32. The Bertz CT molecular complexity index is 496. The number of aliphatic hydroxyl groups is 2. The molecule has 2 aliphatic heterocycles. The van der Waals surface area contributed by atoms with Crippen molar-refractivity contribution in [3.8, 4) is 0 Å². The highest BCUT2D eigenvalue weighted by Gasteiger charge is 2.57. The molecule has 1 aromatic carbocycles. The monoisotopic (exact) mass is 293 g/mol. The number of hydroxylamine groups is 1. The maximum atomic E-state index is 11.1. The third kappa shape index (κ3) is 2.44. The minimum Gasteiger partial charge on any atom is -0.388 e. The Morgan fingerprint density at radius 1 is 1.24 bits per heavy atom. The van der Waals surface area contributed by atoms with Gasteiger partial charge in [-0.2, -0.15) is 5.06 Å². The van der Waals surface area contributed by atoms with Crippen LogP contribution in [0, 0.1) is 11.8 Å². The number of ether oxygens (including phenoxy) is 1. The van der Waals surface area contributed by atoms with Crippen molar-refractivity contribution in [1.29, 1.82) is 0 Å². The molecule has 3 rings (SSSR count). The maximum Gasteiger partial charge on any atom is 0.238 e. The Morgan fingerprint density at radius 3 is 2.52 bits per heavy atom. The first-order valence-electron chi connectivity index (χ1n) is 7.07. The largest absolute Gasteiger partial charge is 0.388 e. The first-order chi connectivity index (χ1) is 10.1. The molecule has 114 valence electrons. The van der Waals surface area contributed by atoms with Gasteiger partial charge in [0.15, 0.2) is 0 Å². The lowest BCUT2D eigenvalue weighted by molar-refractivity contribution is -0.115. The van der Waals surface area contributed by atoms with Crippen LogP contribution in [-0.4, -0.2) is 47.6 Å². The van der Waals surface area contributed by atoms with Crippen molar-refractivity contribution in [2.45, 2.75) is 31.3 Å². The summed E-state index contributed by atoms with van der Waals surface area (Å²) < 4.78 is 5.61. The molecule has 2 heterocycles. The molecule has 0 aromatic heterocycles. The first kappa shape index (κ1) is 14.5. The van der Waals surface area contributed by atoms with Gasteiger partial charge in [0.2, 0.25) is 6.41 Å². The summed E-state index contributed by atoms with van der Waals surface area (Å²) in [5.41, 5.74) is 0.643. The van der Waals surface area contributed by atoms with Gasteiger partial charge in [-0.3, -0.25) is 9.63 Å². The second-order valence-electron chi connectivity index (χ2n) is 5.63. The molecule has 2 N–H and O–H groups in total. The number of para-hydroxylation sites is 1. The number of hydrogen-bond acceptors (Lipinski definition) is 5. The fraction of sp³-hybridized carbons (Fsp3) is 0.533. The van der Waals surface area contributed by atoms with Gasteiger partial charge < -0.3 is 14.9 Å². The van der Waals surface area contributed by atoms with Gasteiger partial charge in [0.05, 0.1) is 24.5 Å². The zero-order valence-corrected chi connectivity index (χ0v) is 11.7. The molecule has 6 atom stereocenters. The van der Waals surface area contributed by atoms with Gasteiger partial charge in [-0.15, -0.1) is 0 Å². The van der Waals surface area contributed by atoms with Gasteiger partial charge in [0.25, 0.3) is 0 Å². The van der Waals surface area contributed by atoms with E-state index in [1.54, 1.807) is 12.1 Å². The summed E-state index contributed by atoms with van der Waals surface area (Å²) in [4.78, 5) is 16.7. The highest BCUT2D eigenvalue weighted by Crippen LogP contribution is 2.43. The molecule has 6 nitrogen and oxygen atoms in total. The van der Waals surface area contributed by atoms with Crippen LogP contribution < -0.4 is 5.06 Å². The Balaban J connectivity index is 1.64. The van der Waals surface area contributed by atoms with E-state index in [0.29, 0.717) is 12.1 Å². The third-order valence-corrected chi connectivity index (χ3v) is 4.47. The van der Waals surface area contributed by atoms with E-state index in [0.717, 1.165) is 0 Å². The molecule has 0 saturated carbocycles. The minimum absolute atomic E-state index is 0.0560. The number of rotatable bonds is 5. The average molecular weight is 293 g/mol. The molecule has 1 aromatic rings. The van der Waals surface area contributed by atoms with Gasteiger partial charge in [-0.05, 0) is 18.1 Å². The summed E-state index contributed by atoms with van der Waals surface area (Å²) in [7, 11) is 0. The molecule has 21 heavy (non-hydrogen) atoms. The van der Waals surface area contributed by atoms with E-state index in [2.05, 4.69) is 0 Å². The van der Waals surface area contributed by atoms with E-state index in [1.165, 1.54) is 5.06 Å². The van der Waals surface area contributed by atoms with Crippen LogP contribution in [0.1, 0.15) is 6.92 Å². The number of nitrogens with zero attached hydrogens (tertiary/aromatic N) is 1. The van der Waals surface area contributed by atoms with E-state index in [1.807, 2.05) is 25.1 Å². The average Bonchev–Trinajstić information content (AvgIpc) is 2.98. The number of amides is 1. The molecule has 1 amide bonds. The number of fused-ring (bicyclic) bond motifs is 2. The Morgan fingerprint density at radius 2 is 1.90 bits per heavy atom. The quantitative estimate of drug-likeness (QED) is 0.604. The number of anilines is 1. The van der Waals surface area contributed by atoms with Crippen molar-refractivity contribution in [2.75, 3.05) is 11.7 Å². The highest BCUT2D eigenvalue weighted by atomic mass is 16.7. The van der Waals surface area contributed by atoms with Gasteiger partial charge in [-0.1, -0.05) is 25.1 Å². The predicted molar refractivity (Wildman–Crippen MR) is 74.3 cm³/mol. The number of carbonyl (C=O) groups is 1. The minimum atomic E-state index is -0.888. The third-order valence-electron chi connectivity index (χ3n) is 4.47. The van der Waals surface area contributed by atoms with Gasteiger partial charge in [0.1, 0.15) is 12.2 Å². The Kier molecular flexibility index (Phi) is 3.95. The van der Waals surface area contributed by atoms with Crippen LogP contribution in [0.25, 0.3) is 0 Å².